The summed E-state index contributed by atoms with van der Waals surface area (Å²) in [5.41, 5.74) is 0.862. The quantitative estimate of drug-likeness (QED) is 0.682. The molecule has 126 valence electrons. The van der Waals surface area contributed by atoms with E-state index in [1.807, 2.05) is 0 Å². The summed E-state index contributed by atoms with van der Waals surface area (Å²) < 4.78 is 14.9. The summed E-state index contributed by atoms with van der Waals surface area (Å²) in [6, 6.07) is 5.90. The summed E-state index contributed by atoms with van der Waals surface area (Å²) in [5.74, 6) is 0.403. The Kier molecular flexibility index (Phi) is 4.71. The molecule has 3 rings (SSSR count). The minimum absolute atomic E-state index is 0.150. The number of fused-ring (bicyclic) bond motifs is 1. The molecular weight excluding hydrogens is 329 g/mol. The molecule has 1 atom stereocenters. The van der Waals surface area contributed by atoms with Gasteiger partial charge in [-0.25, -0.2) is 4.39 Å². The number of benzene rings is 1. The van der Waals surface area contributed by atoms with Crippen molar-refractivity contribution in [2.75, 3.05) is 11.1 Å². The van der Waals surface area contributed by atoms with E-state index in [2.05, 4.69) is 17.2 Å². The van der Waals surface area contributed by atoms with Gasteiger partial charge in [-0.05, 0) is 24.1 Å². The molecular formula is C17H18FN3O2S. The highest BCUT2D eigenvalue weighted by atomic mass is 32.2. The number of carbonyl (C=O) groups excluding carboxylic acids is 1. The second-order valence-electron chi connectivity index (χ2n) is 5.73. The van der Waals surface area contributed by atoms with Crippen LogP contribution in [0.15, 0.2) is 34.2 Å². The molecule has 1 aliphatic rings. The number of hydrogen-bond donors (Lipinski definition) is 1. The van der Waals surface area contributed by atoms with Gasteiger partial charge in [0.25, 0.3) is 5.56 Å². The molecule has 1 N–H and O–H groups in total. The Hall–Kier alpha value is -2.15. The van der Waals surface area contributed by atoms with Crippen LogP contribution in [-0.2, 0) is 11.8 Å². The number of nitrogens with one attached hydrogen (secondary N) is 1. The summed E-state index contributed by atoms with van der Waals surface area (Å²) >= 11 is 1.49. The topological polar surface area (TPSA) is 64.0 Å². The van der Waals surface area contributed by atoms with Crippen molar-refractivity contribution in [3.8, 4) is 0 Å². The summed E-state index contributed by atoms with van der Waals surface area (Å²) in [5, 5.41) is 3.38. The predicted octanol–water partition coefficient (Wildman–Crippen LogP) is 2.90. The molecule has 0 radical (unpaired) electrons. The molecule has 0 bridgehead atoms. The molecule has 5 nitrogen and oxygen atoms in total. The van der Waals surface area contributed by atoms with Crippen LogP contribution >= 0.6 is 11.8 Å². The number of rotatable bonds is 4. The van der Waals surface area contributed by atoms with Crippen molar-refractivity contribution in [2.24, 2.45) is 7.05 Å². The monoisotopic (exact) mass is 347 g/mol. The molecule has 7 heteroatoms. The molecule has 1 aromatic heterocycles. The SMILES string of the molecule is CCCSc1nc(=O)c2c(n1C)NC(=O)C[C@@H]2c1ccc(F)cc1. The van der Waals surface area contributed by atoms with Gasteiger partial charge < -0.3 is 9.88 Å². The fourth-order valence-electron chi connectivity index (χ4n) is 2.84. The van der Waals surface area contributed by atoms with E-state index in [1.165, 1.54) is 23.9 Å². The number of aromatic nitrogens is 2. The zero-order valence-electron chi connectivity index (χ0n) is 13.5. The third kappa shape index (κ3) is 3.08. The molecule has 1 aliphatic heterocycles. The van der Waals surface area contributed by atoms with Crippen LogP contribution < -0.4 is 10.9 Å². The molecule has 0 aliphatic carbocycles. The zero-order chi connectivity index (χ0) is 17.3. The van der Waals surface area contributed by atoms with Crippen LogP contribution in [0.3, 0.4) is 0 Å². The molecule has 0 saturated heterocycles. The summed E-state index contributed by atoms with van der Waals surface area (Å²) in [7, 11) is 1.79. The van der Waals surface area contributed by atoms with Gasteiger partial charge in [0.2, 0.25) is 5.91 Å². The van der Waals surface area contributed by atoms with Crippen LogP contribution in [0, 0.1) is 5.82 Å². The molecule has 1 amide bonds. The van der Waals surface area contributed by atoms with Crippen LogP contribution in [0.2, 0.25) is 0 Å². The van der Waals surface area contributed by atoms with Crippen LogP contribution in [-0.4, -0.2) is 21.2 Å². The Morgan fingerprint density at radius 3 is 2.71 bits per heavy atom. The third-order valence-electron chi connectivity index (χ3n) is 4.01. The normalized spacial score (nSPS) is 16.6. The van der Waals surface area contributed by atoms with Crippen LogP contribution in [0.1, 0.15) is 36.8 Å². The van der Waals surface area contributed by atoms with Crippen molar-refractivity contribution >= 4 is 23.5 Å². The van der Waals surface area contributed by atoms with Crippen molar-refractivity contribution < 1.29 is 9.18 Å². The molecule has 0 fully saturated rings. The molecule has 0 spiro atoms. The maximum absolute atomic E-state index is 13.2. The Labute approximate surface area is 143 Å². The number of nitrogens with zero attached hydrogens (tertiary/aromatic N) is 2. The van der Waals surface area contributed by atoms with E-state index in [0.29, 0.717) is 16.5 Å². The second-order valence-corrected chi connectivity index (χ2v) is 6.79. The maximum atomic E-state index is 13.2. The molecule has 0 unspecified atom stereocenters. The lowest BCUT2D eigenvalue weighted by Gasteiger charge is -2.27. The standard InChI is InChI=1S/C17H18FN3O2S/c1-3-8-24-17-20-16(23)14-12(10-4-6-11(18)7-5-10)9-13(22)19-15(14)21(17)2/h4-7,12H,3,8-9H2,1-2H3,(H,19,22)/t12-/m1/s1. The number of halogens is 1. The summed E-state index contributed by atoms with van der Waals surface area (Å²) in [6.07, 6.45) is 1.11. The van der Waals surface area contributed by atoms with E-state index >= 15 is 0 Å². The molecule has 2 aromatic rings. The Morgan fingerprint density at radius 2 is 2.04 bits per heavy atom. The lowest BCUT2D eigenvalue weighted by atomic mass is 9.87. The van der Waals surface area contributed by atoms with E-state index < -0.39 is 5.92 Å². The molecule has 24 heavy (non-hydrogen) atoms. The number of amides is 1. The smallest absolute Gasteiger partial charge is 0.279 e. The van der Waals surface area contributed by atoms with Crippen LogP contribution in [0.5, 0.6) is 0 Å². The average Bonchev–Trinajstić information content (AvgIpc) is 2.56. The van der Waals surface area contributed by atoms with Gasteiger partial charge in [-0.1, -0.05) is 30.8 Å². The number of thioether (sulfide) groups is 1. The first-order valence-electron chi connectivity index (χ1n) is 7.80. The Bertz CT molecular complexity index is 833. The summed E-state index contributed by atoms with van der Waals surface area (Å²) in [6.45, 7) is 2.05. The van der Waals surface area contributed by atoms with E-state index in [1.54, 1.807) is 23.7 Å². The first-order chi connectivity index (χ1) is 11.5. The van der Waals surface area contributed by atoms with Crippen LogP contribution in [0.4, 0.5) is 10.2 Å². The largest absolute Gasteiger partial charge is 0.312 e. The first-order valence-corrected chi connectivity index (χ1v) is 8.78. The highest BCUT2D eigenvalue weighted by Crippen LogP contribution is 2.35. The summed E-state index contributed by atoms with van der Waals surface area (Å²) in [4.78, 5) is 28.9. The van der Waals surface area contributed by atoms with Crippen molar-refractivity contribution in [3.05, 3.63) is 51.6 Å². The zero-order valence-corrected chi connectivity index (χ0v) is 14.3. The Balaban J connectivity index is 2.12. The first kappa shape index (κ1) is 16.7. The van der Waals surface area contributed by atoms with E-state index in [0.717, 1.165) is 17.7 Å². The third-order valence-corrected chi connectivity index (χ3v) is 5.24. The van der Waals surface area contributed by atoms with Gasteiger partial charge >= 0.3 is 0 Å². The highest BCUT2D eigenvalue weighted by molar-refractivity contribution is 7.99. The van der Waals surface area contributed by atoms with Gasteiger partial charge in [0, 0.05) is 25.1 Å². The van der Waals surface area contributed by atoms with Crippen molar-refractivity contribution in [1.82, 2.24) is 9.55 Å². The second kappa shape index (κ2) is 6.76. The fourth-order valence-corrected chi connectivity index (χ4v) is 3.66. The minimum Gasteiger partial charge on any atom is -0.312 e. The van der Waals surface area contributed by atoms with E-state index in [4.69, 9.17) is 0 Å². The molecule has 2 heterocycles. The average molecular weight is 347 g/mol. The number of hydrogen-bond acceptors (Lipinski definition) is 4. The fraction of sp³-hybridized carbons (Fsp3) is 0.353. The van der Waals surface area contributed by atoms with Crippen molar-refractivity contribution in [1.29, 1.82) is 0 Å². The lowest BCUT2D eigenvalue weighted by molar-refractivity contribution is -0.116. The van der Waals surface area contributed by atoms with Gasteiger partial charge in [-0.3, -0.25) is 9.59 Å². The van der Waals surface area contributed by atoms with Crippen LogP contribution in [0.25, 0.3) is 0 Å². The van der Waals surface area contributed by atoms with E-state index in [-0.39, 0.29) is 23.7 Å². The predicted molar refractivity (Wildman–Crippen MR) is 92.0 cm³/mol. The maximum Gasteiger partial charge on any atom is 0.279 e. The molecule has 1 aromatic carbocycles. The lowest BCUT2D eigenvalue weighted by Crippen LogP contribution is -2.33. The van der Waals surface area contributed by atoms with Gasteiger partial charge in [0.1, 0.15) is 11.6 Å². The number of anilines is 1. The van der Waals surface area contributed by atoms with E-state index in [9.17, 15) is 14.0 Å². The van der Waals surface area contributed by atoms with Crippen molar-refractivity contribution in [3.63, 3.8) is 0 Å². The highest BCUT2D eigenvalue weighted by Gasteiger charge is 2.32. The molecule has 0 saturated carbocycles. The van der Waals surface area contributed by atoms with Gasteiger partial charge in [-0.2, -0.15) is 4.98 Å². The number of carbonyl (C=O) groups is 1. The minimum atomic E-state index is -0.411. The van der Waals surface area contributed by atoms with Gasteiger partial charge in [0.15, 0.2) is 5.16 Å². The van der Waals surface area contributed by atoms with Gasteiger partial charge in [0.05, 0.1) is 5.56 Å². The van der Waals surface area contributed by atoms with Gasteiger partial charge in [-0.15, -0.1) is 0 Å². The Morgan fingerprint density at radius 1 is 1.33 bits per heavy atom. The van der Waals surface area contributed by atoms with Crippen molar-refractivity contribution in [2.45, 2.75) is 30.8 Å².